The number of phenolic OH excluding ortho intramolecular Hbond substituents is 1. The van der Waals surface area contributed by atoms with Crippen molar-refractivity contribution in [2.24, 2.45) is 7.05 Å². The zero-order valence-corrected chi connectivity index (χ0v) is 12.0. The minimum atomic E-state index is 0.345. The second-order valence-electron chi connectivity index (χ2n) is 5.01. The fourth-order valence-electron chi connectivity index (χ4n) is 2.25. The highest BCUT2D eigenvalue weighted by Crippen LogP contribution is 2.18. The summed E-state index contributed by atoms with van der Waals surface area (Å²) >= 11 is 0. The summed E-state index contributed by atoms with van der Waals surface area (Å²) in [6, 6.07) is 5.66. The first-order valence-corrected chi connectivity index (χ1v) is 6.47. The van der Waals surface area contributed by atoms with Crippen LogP contribution in [0.25, 0.3) is 0 Å². The van der Waals surface area contributed by atoms with Gasteiger partial charge in [-0.2, -0.15) is 5.10 Å². The fraction of sp³-hybridized carbons (Fsp3) is 0.400. The van der Waals surface area contributed by atoms with Gasteiger partial charge in [0.2, 0.25) is 0 Å². The van der Waals surface area contributed by atoms with Gasteiger partial charge in [-0.05, 0) is 26.8 Å². The van der Waals surface area contributed by atoms with E-state index in [1.165, 1.54) is 11.3 Å². The fourth-order valence-corrected chi connectivity index (χ4v) is 2.25. The molecule has 19 heavy (non-hydrogen) atoms. The van der Waals surface area contributed by atoms with Gasteiger partial charge in [-0.25, -0.2) is 0 Å². The summed E-state index contributed by atoms with van der Waals surface area (Å²) in [4.78, 5) is 0. The molecule has 2 N–H and O–H groups in total. The monoisotopic (exact) mass is 259 g/mol. The molecule has 1 heterocycles. The number of phenols is 1. The molecule has 0 saturated heterocycles. The summed E-state index contributed by atoms with van der Waals surface area (Å²) in [5, 5.41) is 17.6. The second-order valence-corrected chi connectivity index (χ2v) is 5.01. The summed E-state index contributed by atoms with van der Waals surface area (Å²) in [5.41, 5.74) is 5.55. The van der Waals surface area contributed by atoms with Gasteiger partial charge in [-0.15, -0.1) is 0 Å². The molecule has 0 aliphatic rings. The average molecular weight is 259 g/mol. The van der Waals surface area contributed by atoms with Crippen LogP contribution in [0.1, 0.15) is 28.1 Å². The van der Waals surface area contributed by atoms with Gasteiger partial charge >= 0.3 is 0 Å². The van der Waals surface area contributed by atoms with Crippen molar-refractivity contribution in [1.29, 1.82) is 0 Å². The number of aryl methyl sites for hydroxylation is 3. The molecular formula is C15H21N3O. The molecule has 0 bridgehead atoms. The van der Waals surface area contributed by atoms with Crippen LogP contribution in [0.15, 0.2) is 18.2 Å². The van der Waals surface area contributed by atoms with Crippen LogP contribution in [0.4, 0.5) is 0 Å². The predicted octanol–water partition coefficient (Wildman–Crippen LogP) is 2.34. The summed E-state index contributed by atoms with van der Waals surface area (Å²) in [5.74, 6) is 0.345. The van der Waals surface area contributed by atoms with Gasteiger partial charge in [0.15, 0.2) is 0 Å². The number of hydrogen-bond donors (Lipinski definition) is 2. The van der Waals surface area contributed by atoms with Gasteiger partial charge in [0.05, 0.1) is 5.69 Å². The molecule has 0 fully saturated rings. The Morgan fingerprint density at radius 2 is 1.95 bits per heavy atom. The molecule has 0 spiro atoms. The van der Waals surface area contributed by atoms with E-state index in [1.807, 2.05) is 37.7 Å². The number of nitrogens with one attached hydrogen (secondary N) is 1. The Labute approximate surface area is 114 Å². The standard InChI is InChI=1S/C15H21N3O/c1-10-5-6-15(19)13(7-10)8-16-9-14-11(2)17-18(4)12(14)3/h5-7,16,19H,8-9H2,1-4H3. The van der Waals surface area contributed by atoms with Gasteiger partial charge in [0, 0.05) is 37.0 Å². The predicted molar refractivity (Wildman–Crippen MR) is 76.1 cm³/mol. The molecule has 0 atom stereocenters. The first-order valence-electron chi connectivity index (χ1n) is 6.47. The summed E-state index contributed by atoms with van der Waals surface area (Å²) < 4.78 is 1.90. The van der Waals surface area contributed by atoms with Crippen molar-refractivity contribution in [2.75, 3.05) is 0 Å². The summed E-state index contributed by atoms with van der Waals surface area (Å²) in [6.45, 7) is 7.54. The van der Waals surface area contributed by atoms with Crippen molar-refractivity contribution in [3.05, 3.63) is 46.3 Å². The maximum absolute atomic E-state index is 9.79. The lowest BCUT2D eigenvalue weighted by Gasteiger charge is -2.08. The van der Waals surface area contributed by atoms with Crippen LogP contribution in [-0.2, 0) is 20.1 Å². The molecule has 4 heteroatoms. The van der Waals surface area contributed by atoms with E-state index in [9.17, 15) is 5.11 Å². The third-order valence-corrected chi connectivity index (χ3v) is 3.51. The molecule has 4 nitrogen and oxygen atoms in total. The molecule has 1 aromatic heterocycles. The molecule has 0 aliphatic heterocycles. The van der Waals surface area contributed by atoms with Gasteiger partial charge in [0.1, 0.15) is 5.75 Å². The van der Waals surface area contributed by atoms with E-state index in [2.05, 4.69) is 17.3 Å². The molecule has 102 valence electrons. The molecule has 0 saturated carbocycles. The van der Waals surface area contributed by atoms with E-state index >= 15 is 0 Å². The van der Waals surface area contributed by atoms with Gasteiger partial charge in [-0.1, -0.05) is 17.7 Å². The Balaban J connectivity index is 2.02. The van der Waals surface area contributed by atoms with E-state index in [0.29, 0.717) is 12.3 Å². The topological polar surface area (TPSA) is 50.1 Å². The van der Waals surface area contributed by atoms with Crippen LogP contribution in [0, 0.1) is 20.8 Å². The van der Waals surface area contributed by atoms with Crippen LogP contribution < -0.4 is 5.32 Å². The third kappa shape index (κ3) is 2.96. The minimum absolute atomic E-state index is 0.345. The zero-order chi connectivity index (χ0) is 14.0. The molecule has 0 aliphatic carbocycles. The minimum Gasteiger partial charge on any atom is -0.508 e. The molecule has 0 radical (unpaired) electrons. The number of hydrogen-bond acceptors (Lipinski definition) is 3. The quantitative estimate of drug-likeness (QED) is 0.886. The van der Waals surface area contributed by atoms with Crippen LogP contribution in [0.5, 0.6) is 5.75 Å². The summed E-state index contributed by atoms with van der Waals surface area (Å²) in [6.07, 6.45) is 0. The van der Waals surface area contributed by atoms with Crippen molar-refractivity contribution in [2.45, 2.75) is 33.9 Å². The molecule has 1 aromatic carbocycles. The lowest BCUT2D eigenvalue weighted by molar-refractivity contribution is 0.464. The first kappa shape index (κ1) is 13.6. The molecule has 0 amide bonds. The van der Waals surface area contributed by atoms with Crippen molar-refractivity contribution in [1.82, 2.24) is 15.1 Å². The number of aromatic hydroxyl groups is 1. The lowest BCUT2D eigenvalue weighted by Crippen LogP contribution is -2.14. The maximum Gasteiger partial charge on any atom is 0.120 e. The highest BCUT2D eigenvalue weighted by atomic mass is 16.3. The van der Waals surface area contributed by atoms with Crippen LogP contribution in [-0.4, -0.2) is 14.9 Å². The van der Waals surface area contributed by atoms with Crippen molar-refractivity contribution >= 4 is 0 Å². The van der Waals surface area contributed by atoms with E-state index in [4.69, 9.17) is 0 Å². The third-order valence-electron chi connectivity index (χ3n) is 3.51. The van der Waals surface area contributed by atoms with E-state index in [0.717, 1.165) is 23.4 Å². The lowest BCUT2D eigenvalue weighted by atomic mass is 10.1. The van der Waals surface area contributed by atoms with Crippen LogP contribution in [0.3, 0.4) is 0 Å². The number of aromatic nitrogens is 2. The molecule has 2 aromatic rings. The van der Waals surface area contributed by atoms with E-state index in [-0.39, 0.29) is 0 Å². The smallest absolute Gasteiger partial charge is 0.120 e. The van der Waals surface area contributed by atoms with Crippen molar-refractivity contribution in [3.8, 4) is 5.75 Å². The first-order chi connectivity index (χ1) is 8.99. The highest BCUT2D eigenvalue weighted by molar-refractivity contribution is 5.35. The Morgan fingerprint density at radius 1 is 1.21 bits per heavy atom. The van der Waals surface area contributed by atoms with Gasteiger partial charge in [0.25, 0.3) is 0 Å². The maximum atomic E-state index is 9.79. The molecule has 0 unspecified atom stereocenters. The van der Waals surface area contributed by atoms with Crippen LogP contribution >= 0.6 is 0 Å². The van der Waals surface area contributed by atoms with Crippen LogP contribution in [0.2, 0.25) is 0 Å². The Bertz CT molecular complexity index is 587. The Morgan fingerprint density at radius 3 is 2.58 bits per heavy atom. The van der Waals surface area contributed by atoms with Gasteiger partial charge < -0.3 is 10.4 Å². The average Bonchev–Trinajstić information content (AvgIpc) is 2.60. The second kappa shape index (κ2) is 5.45. The SMILES string of the molecule is Cc1ccc(O)c(CNCc2c(C)nn(C)c2C)c1. The highest BCUT2D eigenvalue weighted by Gasteiger charge is 2.09. The van der Waals surface area contributed by atoms with Crippen molar-refractivity contribution in [3.63, 3.8) is 0 Å². The van der Waals surface area contributed by atoms with Gasteiger partial charge in [-0.3, -0.25) is 4.68 Å². The molecular weight excluding hydrogens is 238 g/mol. The normalized spacial score (nSPS) is 10.9. The number of rotatable bonds is 4. The zero-order valence-electron chi connectivity index (χ0n) is 12.0. The molecule has 2 rings (SSSR count). The van der Waals surface area contributed by atoms with Crippen molar-refractivity contribution < 1.29 is 5.11 Å². The Hall–Kier alpha value is -1.81. The largest absolute Gasteiger partial charge is 0.508 e. The van der Waals surface area contributed by atoms with E-state index in [1.54, 1.807) is 6.07 Å². The van der Waals surface area contributed by atoms with E-state index < -0.39 is 0 Å². The Kier molecular flexibility index (Phi) is 3.90. The number of benzene rings is 1. The summed E-state index contributed by atoms with van der Waals surface area (Å²) in [7, 11) is 1.96. The number of nitrogens with zero attached hydrogens (tertiary/aromatic N) is 2.